The van der Waals surface area contributed by atoms with E-state index in [1.165, 1.54) is 50.6 Å². The van der Waals surface area contributed by atoms with E-state index in [1.54, 1.807) is 11.4 Å². The third-order valence-electron chi connectivity index (χ3n) is 4.94. The highest BCUT2D eigenvalue weighted by Crippen LogP contribution is 2.38. The van der Waals surface area contributed by atoms with Gasteiger partial charge >= 0.3 is 6.18 Å². The van der Waals surface area contributed by atoms with E-state index in [4.69, 9.17) is 9.47 Å². The fourth-order valence-corrected chi connectivity index (χ4v) is 3.83. The zero-order valence-corrected chi connectivity index (χ0v) is 20.3. The van der Waals surface area contributed by atoms with Crippen LogP contribution in [0.15, 0.2) is 47.4 Å². The molecular formula is C24H17F7N2O4S. The Morgan fingerprint density at radius 1 is 0.816 bits per heavy atom. The molecule has 0 fully saturated rings. The van der Waals surface area contributed by atoms with E-state index < -0.39 is 58.3 Å². The average molecular weight is 562 g/mol. The lowest BCUT2D eigenvalue weighted by Crippen LogP contribution is -2.21. The molecule has 0 radical (unpaired) electrons. The first kappa shape index (κ1) is 28.6. The van der Waals surface area contributed by atoms with Gasteiger partial charge in [-0.15, -0.1) is 11.8 Å². The summed E-state index contributed by atoms with van der Waals surface area (Å²) in [6, 6.07) is 10.6. The molecule has 3 rings (SSSR count). The second-order valence-electron chi connectivity index (χ2n) is 7.39. The van der Waals surface area contributed by atoms with E-state index in [0.29, 0.717) is 22.1 Å². The second-order valence-corrected chi connectivity index (χ2v) is 8.44. The van der Waals surface area contributed by atoms with E-state index in [2.05, 4.69) is 5.32 Å². The quantitative estimate of drug-likeness (QED) is 0.193. The highest BCUT2D eigenvalue weighted by Gasteiger charge is 2.42. The van der Waals surface area contributed by atoms with Crippen molar-refractivity contribution >= 4 is 35.0 Å². The molecule has 0 aliphatic carbocycles. The predicted molar refractivity (Wildman–Crippen MR) is 125 cm³/mol. The molecule has 2 N–H and O–H groups in total. The second kappa shape index (κ2) is 11.6. The maximum atomic E-state index is 14.0. The van der Waals surface area contributed by atoms with Gasteiger partial charge in [0.15, 0.2) is 34.8 Å². The number of halogens is 7. The number of anilines is 2. The van der Waals surface area contributed by atoms with Crippen LogP contribution in [0.2, 0.25) is 0 Å². The highest BCUT2D eigenvalue weighted by atomic mass is 32.2. The first-order chi connectivity index (χ1) is 17.9. The first-order valence-corrected chi connectivity index (χ1v) is 11.3. The summed E-state index contributed by atoms with van der Waals surface area (Å²) in [6.07, 6.45) is -5.69. The van der Waals surface area contributed by atoms with Gasteiger partial charge in [0.25, 0.3) is 5.91 Å². The summed E-state index contributed by atoms with van der Waals surface area (Å²) in [5.41, 5.74) is -3.74. The SMILES string of the molecule is COc1ccc(C(=O)Nc2ccc(SCC(=O)Nc3c(F)c(F)c(C(F)(F)F)c(F)c3F)cc2)cc1OC. The molecule has 0 aliphatic heterocycles. The lowest BCUT2D eigenvalue weighted by molar-refractivity contribution is -0.143. The van der Waals surface area contributed by atoms with E-state index in [-0.39, 0.29) is 5.56 Å². The van der Waals surface area contributed by atoms with Crippen molar-refractivity contribution in [2.45, 2.75) is 11.1 Å². The van der Waals surface area contributed by atoms with Crippen LogP contribution in [0.3, 0.4) is 0 Å². The van der Waals surface area contributed by atoms with Gasteiger partial charge in [-0.2, -0.15) is 13.2 Å². The molecular weight excluding hydrogens is 545 g/mol. The van der Waals surface area contributed by atoms with Crippen LogP contribution in [0, 0.1) is 23.3 Å². The van der Waals surface area contributed by atoms with Gasteiger partial charge in [0.05, 0.1) is 20.0 Å². The summed E-state index contributed by atoms with van der Waals surface area (Å²) in [7, 11) is 2.87. The third-order valence-corrected chi connectivity index (χ3v) is 5.95. The largest absolute Gasteiger partial charge is 0.493 e. The number of amides is 2. The van der Waals surface area contributed by atoms with Crippen molar-refractivity contribution in [3.8, 4) is 11.5 Å². The van der Waals surface area contributed by atoms with Crippen molar-refractivity contribution in [3.63, 3.8) is 0 Å². The molecule has 0 saturated heterocycles. The normalized spacial score (nSPS) is 11.2. The van der Waals surface area contributed by atoms with Crippen LogP contribution in [0.5, 0.6) is 11.5 Å². The molecule has 0 aliphatic rings. The fraction of sp³-hybridized carbons (Fsp3) is 0.167. The Balaban J connectivity index is 1.63. The van der Waals surface area contributed by atoms with Gasteiger partial charge in [-0.3, -0.25) is 9.59 Å². The van der Waals surface area contributed by atoms with E-state index in [0.717, 1.165) is 11.8 Å². The molecule has 0 aromatic heterocycles. The zero-order chi connectivity index (χ0) is 28.2. The van der Waals surface area contributed by atoms with E-state index in [9.17, 15) is 40.3 Å². The third kappa shape index (κ3) is 6.30. The van der Waals surface area contributed by atoms with Crippen LogP contribution in [-0.2, 0) is 11.0 Å². The Bertz CT molecular complexity index is 1340. The van der Waals surface area contributed by atoms with Gasteiger partial charge in [0, 0.05) is 16.1 Å². The van der Waals surface area contributed by atoms with E-state index >= 15 is 0 Å². The van der Waals surface area contributed by atoms with Crippen molar-refractivity contribution in [1.29, 1.82) is 0 Å². The van der Waals surface area contributed by atoms with Crippen molar-refractivity contribution in [1.82, 2.24) is 0 Å². The van der Waals surface area contributed by atoms with Gasteiger partial charge in [-0.05, 0) is 42.5 Å². The number of carbonyl (C=O) groups excluding carboxylic acids is 2. The number of hydrogen-bond donors (Lipinski definition) is 2. The van der Waals surface area contributed by atoms with Gasteiger partial charge in [0.1, 0.15) is 11.3 Å². The highest BCUT2D eigenvalue weighted by molar-refractivity contribution is 8.00. The van der Waals surface area contributed by atoms with Gasteiger partial charge < -0.3 is 20.1 Å². The van der Waals surface area contributed by atoms with Crippen LogP contribution in [0.25, 0.3) is 0 Å². The Morgan fingerprint density at radius 3 is 1.92 bits per heavy atom. The minimum absolute atomic E-state index is 0.286. The number of benzene rings is 3. The molecule has 0 saturated carbocycles. The number of carbonyl (C=O) groups is 2. The minimum Gasteiger partial charge on any atom is -0.493 e. The molecule has 0 unspecified atom stereocenters. The Labute approximate surface area is 215 Å². The number of methoxy groups -OCH3 is 2. The summed E-state index contributed by atoms with van der Waals surface area (Å²) in [5.74, 6) is -11.4. The Hall–Kier alpha value is -3.94. The molecule has 202 valence electrons. The number of alkyl halides is 3. The lowest BCUT2D eigenvalue weighted by atomic mass is 10.1. The summed E-state index contributed by atoms with van der Waals surface area (Å²) in [4.78, 5) is 25.0. The maximum Gasteiger partial charge on any atom is 0.422 e. The van der Waals surface area contributed by atoms with Crippen LogP contribution in [-0.4, -0.2) is 31.8 Å². The van der Waals surface area contributed by atoms with Crippen molar-refractivity contribution in [2.24, 2.45) is 0 Å². The topological polar surface area (TPSA) is 76.7 Å². The Morgan fingerprint density at radius 2 is 1.39 bits per heavy atom. The smallest absolute Gasteiger partial charge is 0.422 e. The number of rotatable bonds is 8. The molecule has 6 nitrogen and oxygen atoms in total. The van der Waals surface area contributed by atoms with Crippen LogP contribution < -0.4 is 20.1 Å². The van der Waals surface area contributed by atoms with Crippen LogP contribution >= 0.6 is 11.8 Å². The summed E-state index contributed by atoms with van der Waals surface area (Å²) in [6.45, 7) is 0. The number of thioether (sulfide) groups is 1. The summed E-state index contributed by atoms with van der Waals surface area (Å²) >= 11 is 0.841. The lowest BCUT2D eigenvalue weighted by Gasteiger charge is -2.14. The maximum absolute atomic E-state index is 14.0. The number of nitrogens with one attached hydrogen (secondary N) is 2. The number of ether oxygens (including phenoxy) is 2. The standard InChI is InChI=1S/C24H17F7N2O4S/c1-36-14-8-3-11(9-15(14)37-2)23(35)32-12-4-6-13(7-5-12)38-10-16(34)33-22-20(27)18(25)17(24(29,30)31)19(26)21(22)28/h3-9H,10H2,1-2H3,(H,32,35)(H,33,34). The summed E-state index contributed by atoms with van der Waals surface area (Å²) in [5, 5.41) is 4.20. The van der Waals surface area contributed by atoms with E-state index in [1.807, 2.05) is 0 Å². The molecule has 38 heavy (non-hydrogen) atoms. The molecule has 0 bridgehead atoms. The van der Waals surface area contributed by atoms with Crippen LogP contribution in [0.4, 0.5) is 42.1 Å². The molecule has 14 heteroatoms. The molecule has 0 atom stereocenters. The van der Waals surface area contributed by atoms with Crippen molar-refractivity contribution in [2.75, 3.05) is 30.6 Å². The molecule has 3 aromatic carbocycles. The molecule has 0 spiro atoms. The summed E-state index contributed by atoms with van der Waals surface area (Å²) < 4.78 is 104. The first-order valence-electron chi connectivity index (χ1n) is 10.4. The van der Waals surface area contributed by atoms with Crippen molar-refractivity contribution < 1.29 is 49.8 Å². The van der Waals surface area contributed by atoms with Gasteiger partial charge in [-0.25, -0.2) is 17.6 Å². The predicted octanol–water partition coefficient (Wildman–Crippen LogP) is 6.26. The fourth-order valence-electron chi connectivity index (χ4n) is 3.13. The molecule has 0 heterocycles. The average Bonchev–Trinajstić information content (AvgIpc) is 2.88. The van der Waals surface area contributed by atoms with Crippen molar-refractivity contribution in [3.05, 3.63) is 76.9 Å². The molecule has 3 aromatic rings. The molecule has 2 amide bonds. The van der Waals surface area contributed by atoms with Gasteiger partial charge in [-0.1, -0.05) is 0 Å². The van der Waals surface area contributed by atoms with Crippen LogP contribution in [0.1, 0.15) is 15.9 Å². The Kier molecular flexibility index (Phi) is 8.76. The van der Waals surface area contributed by atoms with Gasteiger partial charge in [0.2, 0.25) is 5.91 Å². The monoisotopic (exact) mass is 562 g/mol. The number of hydrogen-bond acceptors (Lipinski definition) is 5. The zero-order valence-electron chi connectivity index (χ0n) is 19.4. The minimum atomic E-state index is -5.69.